The largest absolute Gasteiger partial charge is 0.322 e. The molecule has 0 aliphatic heterocycles. The molecule has 0 aromatic heterocycles. The highest BCUT2D eigenvalue weighted by Crippen LogP contribution is 2.16. The third-order valence-corrected chi connectivity index (χ3v) is 2.97. The Balaban J connectivity index is 2.15. The lowest BCUT2D eigenvalue weighted by molar-refractivity contribution is 0.101. The number of carbonyl (C=O) groups excluding carboxylic acids is 1. The zero-order valence-corrected chi connectivity index (χ0v) is 11.3. The van der Waals surface area contributed by atoms with E-state index >= 15 is 0 Å². The van der Waals surface area contributed by atoms with Crippen LogP contribution in [0, 0.1) is 11.6 Å². The van der Waals surface area contributed by atoms with Crippen LogP contribution in [0.5, 0.6) is 0 Å². The van der Waals surface area contributed by atoms with Crippen LogP contribution in [0.25, 0.3) is 0 Å². The predicted molar refractivity (Wildman–Crippen MR) is 75.2 cm³/mol. The molecule has 5 heteroatoms. The third-order valence-electron chi connectivity index (χ3n) is 2.78. The lowest BCUT2D eigenvalue weighted by Crippen LogP contribution is -2.15. The van der Waals surface area contributed by atoms with Crippen LogP contribution < -0.4 is 5.32 Å². The summed E-state index contributed by atoms with van der Waals surface area (Å²) in [4.78, 5) is 11.9. The summed E-state index contributed by atoms with van der Waals surface area (Å²) in [7, 11) is 0. The van der Waals surface area contributed by atoms with Crippen molar-refractivity contribution in [1.82, 2.24) is 0 Å². The van der Waals surface area contributed by atoms with Gasteiger partial charge in [-0.25, -0.2) is 8.78 Å². The fourth-order valence-corrected chi connectivity index (χ4v) is 1.99. The lowest BCUT2D eigenvalue weighted by atomic mass is 10.1. The van der Waals surface area contributed by atoms with Crippen LogP contribution in [0.1, 0.15) is 15.9 Å². The van der Waals surface area contributed by atoms with Gasteiger partial charge in [0.25, 0.3) is 5.91 Å². The average molecular weight is 296 g/mol. The maximum Gasteiger partial charge on any atom is 0.261 e. The van der Waals surface area contributed by atoms with Crippen LogP contribution in [-0.4, -0.2) is 11.8 Å². The van der Waals surface area contributed by atoms with E-state index in [0.29, 0.717) is 11.6 Å². The van der Waals surface area contributed by atoms with E-state index in [1.807, 2.05) is 0 Å². The zero-order chi connectivity index (χ0) is 14.5. The van der Waals surface area contributed by atoms with Crippen molar-refractivity contribution in [3.05, 3.63) is 65.2 Å². The number of amides is 1. The summed E-state index contributed by atoms with van der Waals surface area (Å²) in [6, 6.07) is 10.2. The molecule has 2 rings (SSSR count). The standard InChI is InChI=1S/C15H12ClF2NO/c16-9-8-10-4-6-11(7-5-10)19-15(20)14-12(17)2-1-3-13(14)18/h1-7H,8-9H2,(H,19,20). The molecule has 0 aliphatic carbocycles. The highest BCUT2D eigenvalue weighted by atomic mass is 35.5. The van der Waals surface area contributed by atoms with Gasteiger partial charge in [0.05, 0.1) is 0 Å². The van der Waals surface area contributed by atoms with Crippen LogP contribution in [0.2, 0.25) is 0 Å². The fraction of sp³-hybridized carbons (Fsp3) is 0.133. The van der Waals surface area contributed by atoms with Gasteiger partial charge in [0, 0.05) is 11.6 Å². The molecule has 0 saturated carbocycles. The Kier molecular flexibility index (Phi) is 4.69. The molecule has 0 unspecified atom stereocenters. The van der Waals surface area contributed by atoms with Crippen molar-refractivity contribution in [3.8, 4) is 0 Å². The van der Waals surface area contributed by atoms with Crippen LogP contribution in [0.4, 0.5) is 14.5 Å². The minimum Gasteiger partial charge on any atom is -0.322 e. The summed E-state index contributed by atoms with van der Waals surface area (Å²) in [6.45, 7) is 0. The van der Waals surface area contributed by atoms with Crippen molar-refractivity contribution in [1.29, 1.82) is 0 Å². The number of benzene rings is 2. The topological polar surface area (TPSA) is 29.1 Å². The summed E-state index contributed by atoms with van der Waals surface area (Å²) < 4.78 is 26.9. The molecule has 0 saturated heterocycles. The molecule has 0 spiro atoms. The van der Waals surface area contributed by atoms with Crippen molar-refractivity contribution in [3.63, 3.8) is 0 Å². The number of rotatable bonds is 4. The molecule has 20 heavy (non-hydrogen) atoms. The quantitative estimate of drug-likeness (QED) is 0.849. The van der Waals surface area contributed by atoms with E-state index in [-0.39, 0.29) is 0 Å². The summed E-state index contributed by atoms with van der Waals surface area (Å²) in [5, 5.41) is 2.46. The fourth-order valence-electron chi connectivity index (χ4n) is 1.77. The Hall–Kier alpha value is -1.94. The Bertz CT molecular complexity index is 594. The van der Waals surface area contributed by atoms with E-state index in [0.717, 1.165) is 24.1 Å². The van der Waals surface area contributed by atoms with E-state index < -0.39 is 23.1 Å². The summed E-state index contributed by atoms with van der Waals surface area (Å²) >= 11 is 5.62. The van der Waals surface area contributed by atoms with Crippen molar-refractivity contribution in [2.45, 2.75) is 6.42 Å². The number of hydrogen-bond donors (Lipinski definition) is 1. The number of carbonyl (C=O) groups is 1. The first-order valence-electron chi connectivity index (χ1n) is 6.02. The molecular formula is C15H12ClF2NO. The normalized spacial score (nSPS) is 10.3. The second-order valence-electron chi connectivity index (χ2n) is 4.19. The summed E-state index contributed by atoms with van der Waals surface area (Å²) in [5.74, 6) is -2.08. The van der Waals surface area contributed by atoms with Gasteiger partial charge in [0.15, 0.2) is 0 Å². The lowest BCUT2D eigenvalue weighted by Gasteiger charge is -2.07. The Morgan fingerprint density at radius 2 is 1.65 bits per heavy atom. The van der Waals surface area contributed by atoms with Crippen molar-refractivity contribution in [2.75, 3.05) is 11.2 Å². The average Bonchev–Trinajstić information content (AvgIpc) is 2.41. The number of alkyl halides is 1. The highest BCUT2D eigenvalue weighted by molar-refractivity contribution is 6.18. The molecule has 2 aromatic rings. The molecule has 0 atom stereocenters. The number of anilines is 1. The predicted octanol–water partition coefficient (Wildman–Crippen LogP) is 4.00. The molecule has 2 nitrogen and oxygen atoms in total. The van der Waals surface area contributed by atoms with Gasteiger partial charge in [-0.1, -0.05) is 18.2 Å². The van der Waals surface area contributed by atoms with E-state index in [2.05, 4.69) is 5.32 Å². The summed E-state index contributed by atoms with van der Waals surface area (Å²) in [6.07, 6.45) is 0.720. The van der Waals surface area contributed by atoms with Crippen LogP contribution in [-0.2, 0) is 6.42 Å². The monoisotopic (exact) mass is 295 g/mol. The van der Waals surface area contributed by atoms with Gasteiger partial charge >= 0.3 is 0 Å². The number of halogens is 3. The van der Waals surface area contributed by atoms with Gasteiger partial charge in [-0.3, -0.25) is 4.79 Å². The molecule has 0 bridgehead atoms. The van der Waals surface area contributed by atoms with E-state index in [1.165, 1.54) is 6.07 Å². The van der Waals surface area contributed by atoms with Gasteiger partial charge < -0.3 is 5.32 Å². The molecule has 0 radical (unpaired) electrons. The minimum absolute atomic E-state index is 0.468. The molecule has 1 N–H and O–H groups in total. The van der Waals surface area contributed by atoms with E-state index in [1.54, 1.807) is 24.3 Å². The number of hydrogen-bond acceptors (Lipinski definition) is 1. The van der Waals surface area contributed by atoms with Gasteiger partial charge in [-0.2, -0.15) is 0 Å². The Morgan fingerprint density at radius 1 is 1.05 bits per heavy atom. The maximum atomic E-state index is 13.5. The highest BCUT2D eigenvalue weighted by Gasteiger charge is 2.16. The first-order valence-corrected chi connectivity index (χ1v) is 6.55. The molecule has 2 aromatic carbocycles. The van der Waals surface area contributed by atoms with Gasteiger partial charge in [-0.05, 0) is 36.2 Å². The van der Waals surface area contributed by atoms with Gasteiger partial charge in [-0.15, -0.1) is 11.6 Å². The second-order valence-corrected chi connectivity index (χ2v) is 4.56. The second kappa shape index (κ2) is 6.48. The van der Waals surface area contributed by atoms with Gasteiger partial charge in [0.1, 0.15) is 17.2 Å². The molecule has 0 heterocycles. The maximum absolute atomic E-state index is 13.5. The van der Waals surface area contributed by atoms with Crippen LogP contribution >= 0.6 is 11.6 Å². The van der Waals surface area contributed by atoms with Gasteiger partial charge in [0.2, 0.25) is 0 Å². The smallest absolute Gasteiger partial charge is 0.261 e. The molecule has 1 amide bonds. The first kappa shape index (κ1) is 14.5. The Morgan fingerprint density at radius 3 is 2.20 bits per heavy atom. The van der Waals surface area contributed by atoms with Crippen molar-refractivity contribution in [2.24, 2.45) is 0 Å². The number of aryl methyl sites for hydroxylation is 1. The van der Waals surface area contributed by atoms with E-state index in [9.17, 15) is 13.6 Å². The van der Waals surface area contributed by atoms with Crippen molar-refractivity contribution >= 4 is 23.2 Å². The number of nitrogens with one attached hydrogen (secondary N) is 1. The zero-order valence-electron chi connectivity index (χ0n) is 10.5. The summed E-state index contributed by atoms with van der Waals surface area (Å²) in [5.41, 5.74) is 0.906. The van der Waals surface area contributed by atoms with E-state index in [4.69, 9.17) is 11.6 Å². The SMILES string of the molecule is O=C(Nc1ccc(CCCl)cc1)c1c(F)cccc1F. The first-order chi connectivity index (χ1) is 9.61. The molecule has 0 aliphatic rings. The minimum atomic E-state index is -0.888. The Labute approximate surface area is 120 Å². The molecular weight excluding hydrogens is 284 g/mol. The third kappa shape index (κ3) is 3.33. The molecule has 0 fully saturated rings. The van der Waals surface area contributed by atoms with Crippen molar-refractivity contribution < 1.29 is 13.6 Å². The van der Waals surface area contributed by atoms with Crippen LogP contribution in [0.15, 0.2) is 42.5 Å². The van der Waals surface area contributed by atoms with Crippen LogP contribution in [0.3, 0.4) is 0 Å². The molecule has 104 valence electrons.